The summed E-state index contributed by atoms with van der Waals surface area (Å²) in [7, 11) is 1.49. The highest BCUT2D eigenvalue weighted by molar-refractivity contribution is 6.01. The van der Waals surface area contributed by atoms with Crippen molar-refractivity contribution in [1.82, 2.24) is 10.2 Å². The van der Waals surface area contributed by atoms with E-state index in [4.69, 9.17) is 4.74 Å². The van der Waals surface area contributed by atoms with Crippen LogP contribution in [0.2, 0.25) is 0 Å². The van der Waals surface area contributed by atoms with Crippen molar-refractivity contribution in [3.05, 3.63) is 89.5 Å². The van der Waals surface area contributed by atoms with E-state index in [0.717, 1.165) is 11.1 Å². The smallest absolute Gasteiger partial charge is 0.323 e. The van der Waals surface area contributed by atoms with Gasteiger partial charge in [0.1, 0.15) is 11.4 Å². The van der Waals surface area contributed by atoms with Crippen LogP contribution in [-0.4, -0.2) is 41.6 Å². The molecular formula is C29H34N4O5. The summed E-state index contributed by atoms with van der Waals surface area (Å²) in [5, 5.41) is 18.0. The van der Waals surface area contributed by atoms with Gasteiger partial charge in [0.2, 0.25) is 5.91 Å². The third kappa shape index (κ3) is 7.33. The van der Waals surface area contributed by atoms with E-state index < -0.39 is 17.7 Å². The largest absolute Gasteiger partial charge is 0.495 e. The molecule has 3 amide bonds. The van der Waals surface area contributed by atoms with Gasteiger partial charge in [-0.05, 0) is 48.7 Å². The summed E-state index contributed by atoms with van der Waals surface area (Å²) >= 11 is 0. The molecule has 4 N–H and O–H groups in total. The van der Waals surface area contributed by atoms with Crippen molar-refractivity contribution in [2.24, 2.45) is 0 Å². The lowest BCUT2D eigenvalue weighted by atomic mass is 9.96. The zero-order chi connectivity index (χ0) is 27.7. The SMILES string of the molecule is COc1cc(C(C)(NC(C)=O)N(CCC(=O)O)Cc2ccccc2)ccc1NC(=O)Nc1ccccc1C. The number of benzene rings is 3. The average molecular weight is 519 g/mol. The van der Waals surface area contributed by atoms with Crippen molar-refractivity contribution >= 4 is 29.3 Å². The number of carbonyl (C=O) groups is 3. The number of para-hydroxylation sites is 1. The van der Waals surface area contributed by atoms with Crippen LogP contribution in [0.1, 0.15) is 37.0 Å². The Morgan fingerprint density at radius 2 is 1.61 bits per heavy atom. The van der Waals surface area contributed by atoms with Crippen molar-refractivity contribution in [1.29, 1.82) is 0 Å². The van der Waals surface area contributed by atoms with Crippen molar-refractivity contribution in [2.75, 3.05) is 24.3 Å². The van der Waals surface area contributed by atoms with E-state index in [9.17, 15) is 19.5 Å². The van der Waals surface area contributed by atoms with Crippen LogP contribution in [0.3, 0.4) is 0 Å². The van der Waals surface area contributed by atoms with E-state index in [1.807, 2.05) is 73.3 Å². The molecular weight excluding hydrogens is 484 g/mol. The number of aryl methyl sites for hydroxylation is 1. The van der Waals surface area contributed by atoms with Gasteiger partial charge < -0.3 is 25.8 Å². The third-order valence-electron chi connectivity index (χ3n) is 6.27. The Morgan fingerprint density at radius 1 is 0.947 bits per heavy atom. The number of nitrogens with one attached hydrogen (secondary N) is 3. The van der Waals surface area contributed by atoms with Crippen LogP contribution in [0.25, 0.3) is 0 Å². The summed E-state index contributed by atoms with van der Waals surface area (Å²) in [6.45, 7) is 5.72. The first-order valence-electron chi connectivity index (χ1n) is 12.2. The molecule has 0 bridgehead atoms. The Kier molecular flexibility index (Phi) is 9.45. The maximum absolute atomic E-state index is 12.7. The molecule has 0 saturated carbocycles. The number of methoxy groups -OCH3 is 1. The molecule has 0 aliphatic carbocycles. The first kappa shape index (κ1) is 28.2. The Hall–Kier alpha value is -4.37. The zero-order valence-electron chi connectivity index (χ0n) is 22.1. The molecule has 38 heavy (non-hydrogen) atoms. The van der Waals surface area contributed by atoms with Gasteiger partial charge >= 0.3 is 12.0 Å². The van der Waals surface area contributed by atoms with Crippen molar-refractivity contribution in [3.8, 4) is 5.75 Å². The molecule has 0 aliphatic rings. The number of nitrogens with zero attached hydrogens (tertiary/aromatic N) is 1. The number of hydrogen-bond acceptors (Lipinski definition) is 5. The molecule has 9 heteroatoms. The Bertz CT molecular complexity index is 1280. The first-order valence-corrected chi connectivity index (χ1v) is 12.2. The van der Waals surface area contributed by atoms with Crippen LogP contribution in [0.5, 0.6) is 5.75 Å². The molecule has 0 spiro atoms. The van der Waals surface area contributed by atoms with Crippen LogP contribution in [0.15, 0.2) is 72.8 Å². The summed E-state index contributed by atoms with van der Waals surface area (Å²) in [6, 6.07) is 21.8. The van der Waals surface area contributed by atoms with E-state index in [2.05, 4.69) is 16.0 Å². The number of ether oxygens (including phenoxy) is 1. The predicted octanol–water partition coefficient (Wildman–Crippen LogP) is 4.93. The van der Waals surface area contributed by atoms with Crippen molar-refractivity contribution in [2.45, 2.75) is 39.4 Å². The van der Waals surface area contributed by atoms with Crippen LogP contribution in [0, 0.1) is 6.92 Å². The second-order valence-corrected chi connectivity index (χ2v) is 9.11. The number of urea groups is 1. The molecule has 1 atom stereocenters. The quantitative estimate of drug-likeness (QED) is 0.267. The molecule has 0 aliphatic heterocycles. The van der Waals surface area contributed by atoms with Gasteiger partial charge in [-0.3, -0.25) is 14.5 Å². The fourth-order valence-corrected chi connectivity index (χ4v) is 4.26. The van der Waals surface area contributed by atoms with Gasteiger partial charge in [0, 0.05) is 25.7 Å². The molecule has 0 fully saturated rings. The number of hydrogen-bond donors (Lipinski definition) is 4. The highest BCUT2D eigenvalue weighted by atomic mass is 16.5. The fraction of sp³-hybridized carbons (Fsp3) is 0.276. The third-order valence-corrected chi connectivity index (χ3v) is 6.27. The molecule has 9 nitrogen and oxygen atoms in total. The molecule has 3 rings (SSSR count). The minimum atomic E-state index is -1.08. The zero-order valence-corrected chi connectivity index (χ0v) is 22.1. The summed E-state index contributed by atoms with van der Waals surface area (Å²) in [5.74, 6) is -0.832. The molecule has 0 saturated heterocycles. The lowest BCUT2D eigenvalue weighted by molar-refractivity contribution is -0.138. The van der Waals surface area contributed by atoms with Gasteiger partial charge in [0.25, 0.3) is 0 Å². The number of carboxylic acids is 1. The lowest BCUT2D eigenvalue weighted by Gasteiger charge is -2.42. The molecule has 0 radical (unpaired) electrons. The van der Waals surface area contributed by atoms with Gasteiger partial charge in [-0.25, -0.2) is 4.79 Å². The summed E-state index contributed by atoms with van der Waals surface area (Å²) < 4.78 is 5.59. The number of carboxylic acid groups (broad SMARTS) is 1. The van der Waals surface area contributed by atoms with E-state index in [1.165, 1.54) is 14.0 Å². The average Bonchev–Trinajstić information content (AvgIpc) is 2.88. The van der Waals surface area contributed by atoms with Gasteiger partial charge in [-0.2, -0.15) is 0 Å². The topological polar surface area (TPSA) is 120 Å². The maximum atomic E-state index is 12.7. The van der Waals surface area contributed by atoms with Crippen LogP contribution in [0.4, 0.5) is 16.2 Å². The highest BCUT2D eigenvalue weighted by Crippen LogP contribution is 2.34. The van der Waals surface area contributed by atoms with Crippen molar-refractivity contribution in [3.63, 3.8) is 0 Å². The van der Waals surface area contributed by atoms with E-state index >= 15 is 0 Å². The number of carbonyl (C=O) groups excluding carboxylic acids is 2. The molecule has 3 aromatic rings. The van der Waals surface area contributed by atoms with Crippen molar-refractivity contribution < 1.29 is 24.2 Å². The van der Waals surface area contributed by atoms with Gasteiger partial charge in [0.05, 0.1) is 19.2 Å². The first-order chi connectivity index (χ1) is 18.1. The summed E-state index contributed by atoms with van der Waals surface area (Å²) in [4.78, 5) is 38.4. The van der Waals surface area contributed by atoms with Gasteiger partial charge in [-0.1, -0.05) is 54.6 Å². The molecule has 1 unspecified atom stereocenters. The maximum Gasteiger partial charge on any atom is 0.323 e. The van der Waals surface area contributed by atoms with Crippen LogP contribution < -0.4 is 20.7 Å². The summed E-state index contributed by atoms with van der Waals surface area (Å²) in [6.07, 6.45) is -0.113. The standard InChI is InChI=1S/C29H34N4O5/c1-20-10-8-9-13-24(20)30-28(37)31-25-15-14-23(18-26(25)38-4)29(3,32-21(2)34)33(17-16-27(35)36)19-22-11-6-5-7-12-22/h5-15,18H,16-17,19H2,1-4H3,(H,32,34)(H,35,36)(H2,30,31,37). The Balaban J connectivity index is 1.94. The second-order valence-electron chi connectivity index (χ2n) is 9.11. The van der Waals surface area contributed by atoms with E-state index in [-0.39, 0.29) is 18.9 Å². The molecule has 200 valence electrons. The normalized spacial score (nSPS) is 12.3. The minimum Gasteiger partial charge on any atom is -0.495 e. The highest BCUT2D eigenvalue weighted by Gasteiger charge is 2.35. The second kappa shape index (κ2) is 12.7. The number of rotatable bonds is 11. The Labute approximate surface area is 222 Å². The molecule has 3 aromatic carbocycles. The van der Waals surface area contributed by atoms with Crippen LogP contribution >= 0.6 is 0 Å². The number of amides is 3. The minimum absolute atomic E-state index is 0.113. The van der Waals surface area contributed by atoms with E-state index in [0.29, 0.717) is 29.2 Å². The summed E-state index contributed by atoms with van der Waals surface area (Å²) in [5.41, 5.74) is 2.60. The molecule has 0 aromatic heterocycles. The van der Waals surface area contributed by atoms with Gasteiger partial charge in [0.15, 0.2) is 0 Å². The fourth-order valence-electron chi connectivity index (χ4n) is 4.26. The number of aliphatic carboxylic acids is 1. The van der Waals surface area contributed by atoms with E-state index in [1.54, 1.807) is 18.2 Å². The lowest BCUT2D eigenvalue weighted by Crippen LogP contribution is -2.55. The van der Waals surface area contributed by atoms with Crippen LogP contribution in [-0.2, 0) is 21.8 Å². The van der Waals surface area contributed by atoms with Gasteiger partial charge in [-0.15, -0.1) is 0 Å². The predicted molar refractivity (Wildman–Crippen MR) is 147 cm³/mol. The monoisotopic (exact) mass is 518 g/mol. The number of anilines is 2. The molecule has 0 heterocycles. The Morgan fingerprint density at radius 3 is 2.24 bits per heavy atom.